The minimum Gasteiger partial charge on any atom is -0.473 e. The third kappa shape index (κ3) is 6.72. The molecule has 7 heteroatoms. The molecule has 0 spiro atoms. The van der Waals surface area contributed by atoms with E-state index in [1.54, 1.807) is 12.1 Å². The topological polar surface area (TPSA) is 81.1 Å². The Hall–Kier alpha value is -1.99. The third-order valence-electron chi connectivity index (χ3n) is 4.97. The van der Waals surface area contributed by atoms with Crippen LogP contribution < -0.4 is 0 Å². The minimum absolute atomic E-state index is 0.141. The van der Waals surface area contributed by atoms with Gasteiger partial charge >= 0.3 is 11.9 Å². The van der Waals surface area contributed by atoms with Gasteiger partial charge in [-0.2, -0.15) is 0 Å². The summed E-state index contributed by atoms with van der Waals surface area (Å²) < 4.78 is 12.9. The predicted octanol–water partition coefficient (Wildman–Crippen LogP) is 2.43. The Bertz CT molecular complexity index is 568. The highest BCUT2D eigenvalue weighted by atomic mass is 19.1. The molecule has 26 heavy (non-hydrogen) atoms. The SMILES string of the molecule is Fc1ccc(CN2CCC(N3CCCCC3)CC2)cc1.O=C(O)C(=O)O. The van der Waals surface area contributed by atoms with Gasteiger partial charge in [0.05, 0.1) is 0 Å². The van der Waals surface area contributed by atoms with Crippen molar-refractivity contribution in [3.05, 3.63) is 35.6 Å². The number of rotatable bonds is 3. The molecule has 6 nitrogen and oxygen atoms in total. The molecule has 1 aromatic carbocycles. The molecule has 0 unspecified atom stereocenters. The minimum atomic E-state index is -1.82. The van der Waals surface area contributed by atoms with E-state index in [0.717, 1.165) is 12.6 Å². The molecule has 1 aromatic rings. The van der Waals surface area contributed by atoms with Crippen LogP contribution in [-0.4, -0.2) is 64.2 Å². The number of carboxylic acids is 2. The van der Waals surface area contributed by atoms with Gasteiger partial charge in [0.15, 0.2) is 0 Å². The van der Waals surface area contributed by atoms with Crippen LogP contribution in [0.3, 0.4) is 0 Å². The number of benzene rings is 1. The van der Waals surface area contributed by atoms with E-state index in [2.05, 4.69) is 9.80 Å². The van der Waals surface area contributed by atoms with Crippen molar-refractivity contribution >= 4 is 11.9 Å². The molecular formula is C19H27FN2O4. The summed E-state index contributed by atoms with van der Waals surface area (Å²) in [5, 5.41) is 14.8. The van der Waals surface area contributed by atoms with Gasteiger partial charge in [-0.25, -0.2) is 14.0 Å². The van der Waals surface area contributed by atoms with Gasteiger partial charge in [0.2, 0.25) is 0 Å². The molecule has 2 N–H and O–H groups in total. The molecular weight excluding hydrogens is 339 g/mol. The highest BCUT2D eigenvalue weighted by Crippen LogP contribution is 2.21. The lowest BCUT2D eigenvalue weighted by Crippen LogP contribution is -2.46. The fraction of sp³-hybridized carbons (Fsp3) is 0.579. The van der Waals surface area contributed by atoms with Gasteiger partial charge in [0.1, 0.15) is 5.82 Å². The van der Waals surface area contributed by atoms with E-state index >= 15 is 0 Å². The number of likely N-dealkylation sites (tertiary alicyclic amines) is 2. The fourth-order valence-electron chi connectivity index (χ4n) is 3.57. The largest absolute Gasteiger partial charge is 0.473 e. The van der Waals surface area contributed by atoms with Crippen molar-refractivity contribution in [1.29, 1.82) is 0 Å². The molecule has 2 heterocycles. The van der Waals surface area contributed by atoms with Crippen molar-refractivity contribution in [3.8, 4) is 0 Å². The van der Waals surface area contributed by atoms with Crippen molar-refractivity contribution in [3.63, 3.8) is 0 Å². The molecule has 144 valence electrons. The zero-order valence-corrected chi connectivity index (χ0v) is 14.9. The van der Waals surface area contributed by atoms with Crippen LogP contribution in [-0.2, 0) is 16.1 Å². The standard InChI is InChI=1S/C17H25FN2.C2H2O4/c18-16-6-4-15(5-7-16)14-19-12-8-17(9-13-19)20-10-2-1-3-11-20;3-1(4)2(5)6/h4-7,17H,1-3,8-14H2;(H,3,4)(H,5,6). The Morgan fingerprint density at radius 3 is 1.96 bits per heavy atom. The monoisotopic (exact) mass is 366 g/mol. The number of piperidine rings is 2. The van der Waals surface area contributed by atoms with Crippen LogP contribution in [0.2, 0.25) is 0 Å². The van der Waals surface area contributed by atoms with Crippen LogP contribution in [0.4, 0.5) is 4.39 Å². The number of hydrogen-bond donors (Lipinski definition) is 2. The zero-order valence-electron chi connectivity index (χ0n) is 14.9. The molecule has 3 rings (SSSR count). The van der Waals surface area contributed by atoms with Crippen LogP contribution >= 0.6 is 0 Å². The van der Waals surface area contributed by atoms with Gasteiger partial charge in [-0.1, -0.05) is 18.6 Å². The van der Waals surface area contributed by atoms with Crippen molar-refractivity contribution in [2.45, 2.75) is 44.7 Å². The van der Waals surface area contributed by atoms with Crippen LogP contribution in [0.25, 0.3) is 0 Å². The Balaban J connectivity index is 0.000000352. The van der Waals surface area contributed by atoms with E-state index in [9.17, 15) is 4.39 Å². The molecule has 2 saturated heterocycles. The maximum absolute atomic E-state index is 12.9. The summed E-state index contributed by atoms with van der Waals surface area (Å²) in [5.74, 6) is -3.79. The average molecular weight is 366 g/mol. The molecule has 0 atom stereocenters. The molecule has 0 radical (unpaired) electrons. The molecule has 0 amide bonds. The average Bonchev–Trinajstić information content (AvgIpc) is 2.65. The first kappa shape index (κ1) is 20.3. The predicted molar refractivity (Wildman–Crippen MR) is 95.4 cm³/mol. The first-order chi connectivity index (χ1) is 12.5. The number of nitrogens with zero attached hydrogens (tertiary/aromatic N) is 2. The summed E-state index contributed by atoms with van der Waals surface area (Å²) in [6, 6.07) is 7.75. The summed E-state index contributed by atoms with van der Waals surface area (Å²) in [7, 11) is 0. The normalized spacial score (nSPS) is 19.4. The van der Waals surface area contributed by atoms with Crippen LogP contribution in [0.5, 0.6) is 0 Å². The number of carboxylic acid groups (broad SMARTS) is 2. The number of halogens is 1. The second-order valence-corrected chi connectivity index (χ2v) is 6.84. The summed E-state index contributed by atoms with van der Waals surface area (Å²) in [6.45, 7) is 5.94. The Morgan fingerprint density at radius 1 is 0.923 bits per heavy atom. The fourth-order valence-corrected chi connectivity index (χ4v) is 3.57. The van der Waals surface area contributed by atoms with Gasteiger partial charge in [-0.05, 0) is 69.6 Å². The van der Waals surface area contributed by atoms with Gasteiger partial charge in [-0.15, -0.1) is 0 Å². The Morgan fingerprint density at radius 2 is 1.46 bits per heavy atom. The molecule has 2 aliphatic rings. The Labute approximate surface area is 153 Å². The quantitative estimate of drug-likeness (QED) is 0.800. The first-order valence-electron chi connectivity index (χ1n) is 9.13. The zero-order chi connectivity index (χ0) is 18.9. The Kier molecular flexibility index (Phi) is 8.00. The molecule has 2 fully saturated rings. The van der Waals surface area contributed by atoms with Crippen LogP contribution in [0.1, 0.15) is 37.7 Å². The highest BCUT2D eigenvalue weighted by Gasteiger charge is 2.25. The lowest BCUT2D eigenvalue weighted by Gasteiger charge is -2.40. The van der Waals surface area contributed by atoms with Gasteiger partial charge in [-0.3, -0.25) is 4.90 Å². The van der Waals surface area contributed by atoms with Crippen molar-refractivity contribution in [2.75, 3.05) is 26.2 Å². The van der Waals surface area contributed by atoms with E-state index in [0.29, 0.717) is 0 Å². The van der Waals surface area contributed by atoms with E-state index in [-0.39, 0.29) is 5.82 Å². The second-order valence-electron chi connectivity index (χ2n) is 6.84. The van der Waals surface area contributed by atoms with E-state index in [4.69, 9.17) is 19.8 Å². The summed E-state index contributed by atoms with van der Waals surface area (Å²) >= 11 is 0. The van der Waals surface area contributed by atoms with E-state index in [1.807, 2.05) is 12.1 Å². The van der Waals surface area contributed by atoms with Crippen LogP contribution in [0, 0.1) is 5.82 Å². The van der Waals surface area contributed by atoms with Crippen molar-refractivity contribution < 1.29 is 24.2 Å². The summed E-state index contributed by atoms with van der Waals surface area (Å²) in [4.78, 5) is 23.4. The van der Waals surface area contributed by atoms with Gasteiger partial charge in [0.25, 0.3) is 0 Å². The number of aliphatic carboxylic acids is 2. The maximum Gasteiger partial charge on any atom is 0.414 e. The third-order valence-corrected chi connectivity index (χ3v) is 4.97. The molecule has 0 saturated carbocycles. The highest BCUT2D eigenvalue weighted by molar-refractivity contribution is 6.27. The maximum atomic E-state index is 12.9. The molecule has 0 aliphatic carbocycles. The smallest absolute Gasteiger partial charge is 0.414 e. The van der Waals surface area contributed by atoms with E-state index < -0.39 is 11.9 Å². The van der Waals surface area contributed by atoms with Gasteiger partial charge < -0.3 is 15.1 Å². The molecule has 0 bridgehead atoms. The molecule has 2 aliphatic heterocycles. The lowest BCUT2D eigenvalue weighted by atomic mass is 9.99. The molecule has 0 aromatic heterocycles. The van der Waals surface area contributed by atoms with Gasteiger partial charge in [0, 0.05) is 12.6 Å². The number of hydrogen-bond acceptors (Lipinski definition) is 4. The van der Waals surface area contributed by atoms with Crippen LogP contribution in [0.15, 0.2) is 24.3 Å². The van der Waals surface area contributed by atoms with Crippen molar-refractivity contribution in [2.24, 2.45) is 0 Å². The number of carbonyl (C=O) groups is 2. The summed E-state index contributed by atoms with van der Waals surface area (Å²) in [6.07, 6.45) is 6.77. The first-order valence-corrected chi connectivity index (χ1v) is 9.13. The van der Waals surface area contributed by atoms with E-state index in [1.165, 1.54) is 63.8 Å². The summed E-state index contributed by atoms with van der Waals surface area (Å²) in [5.41, 5.74) is 1.22. The lowest BCUT2D eigenvalue weighted by molar-refractivity contribution is -0.159. The second kappa shape index (κ2) is 10.2. The van der Waals surface area contributed by atoms with Crippen molar-refractivity contribution in [1.82, 2.24) is 9.80 Å².